The Balaban J connectivity index is 2.34. The van der Waals surface area contributed by atoms with E-state index in [1.54, 1.807) is 12.1 Å². The first-order chi connectivity index (χ1) is 11.9. The molecule has 1 amide bonds. The number of benzene rings is 1. The number of hydrogen-bond acceptors (Lipinski definition) is 6. The monoisotopic (exact) mass is 338 g/mol. The van der Waals surface area contributed by atoms with Crippen LogP contribution >= 0.6 is 0 Å². The number of amidine groups is 1. The molecule has 7 nitrogen and oxygen atoms in total. The van der Waals surface area contributed by atoms with Gasteiger partial charge in [0.15, 0.2) is 0 Å². The molecule has 1 heterocycles. The predicted octanol–water partition coefficient (Wildman–Crippen LogP) is 1.59. The predicted molar refractivity (Wildman–Crippen MR) is 94.7 cm³/mol. The number of amides is 1. The van der Waals surface area contributed by atoms with Crippen molar-refractivity contribution < 1.29 is 14.3 Å². The van der Waals surface area contributed by atoms with E-state index in [-0.39, 0.29) is 23.0 Å². The van der Waals surface area contributed by atoms with Crippen molar-refractivity contribution in [2.45, 2.75) is 0 Å². The van der Waals surface area contributed by atoms with Gasteiger partial charge in [-0.2, -0.15) is 5.26 Å². The molecule has 0 bridgehead atoms. The summed E-state index contributed by atoms with van der Waals surface area (Å²) >= 11 is 0. The Morgan fingerprint density at radius 2 is 1.96 bits per heavy atom. The number of carbonyl (C=O) groups is 2. The van der Waals surface area contributed by atoms with Crippen molar-refractivity contribution in [1.82, 2.24) is 4.90 Å². The normalized spacial score (nSPS) is 15.9. The maximum absolute atomic E-state index is 12.3. The van der Waals surface area contributed by atoms with Crippen LogP contribution in [0.25, 0.3) is 6.08 Å². The number of methoxy groups -OCH3 is 1. The Labute approximate surface area is 146 Å². The summed E-state index contributed by atoms with van der Waals surface area (Å²) in [6, 6.07) is 9.38. The highest BCUT2D eigenvalue weighted by molar-refractivity contribution is 6.19. The van der Waals surface area contributed by atoms with Gasteiger partial charge in [0.05, 0.1) is 7.11 Å². The molecule has 0 radical (unpaired) electrons. The van der Waals surface area contributed by atoms with Crippen LogP contribution in [0, 0.1) is 11.3 Å². The van der Waals surface area contributed by atoms with E-state index in [9.17, 15) is 9.59 Å². The molecule has 1 aromatic carbocycles. The number of likely N-dealkylation sites (N-methyl/N-ethyl adjacent to an activating group) is 1. The molecule has 0 saturated carbocycles. The minimum Gasteiger partial charge on any atom is -0.465 e. The Hall–Kier alpha value is -3.40. The molecule has 0 unspecified atom stereocenters. The van der Waals surface area contributed by atoms with E-state index in [0.29, 0.717) is 0 Å². The van der Waals surface area contributed by atoms with E-state index in [1.165, 1.54) is 25.1 Å². The molecule has 0 saturated heterocycles. The fourth-order valence-corrected chi connectivity index (χ4v) is 2.15. The maximum atomic E-state index is 12.3. The molecule has 0 atom stereocenters. The van der Waals surface area contributed by atoms with Crippen molar-refractivity contribution >= 4 is 29.5 Å². The van der Waals surface area contributed by atoms with Crippen molar-refractivity contribution in [1.29, 1.82) is 5.26 Å². The minimum atomic E-state index is -0.775. The van der Waals surface area contributed by atoms with Gasteiger partial charge in [0.1, 0.15) is 23.2 Å². The molecule has 7 heteroatoms. The lowest BCUT2D eigenvalue weighted by atomic mass is 10.1. The number of anilines is 1. The Morgan fingerprint density at radius 1 is 1.32 bits per heavy atom. The van der Waals surface area contributed by atoms with Crippen molar-refractivity contribution in [2.75, 3.05) is 33.2 Å². The number of nitriles is 1. The molecule has 2 rings (SSSR count). The van der Waals surface area contributed by atoms with E-state index in [4.69, 9.17) is 5.26 Å². The van der Waals surface area contributed by atoms with Gasteiger partial charge in [-0.15, -0.1) is 0 Å². The molecule has 128 valence electrons. The van der Waals surface area contributed by atoms with Gasteiger partial charge in [-0.3, -0.25) is 9.69 Å². The van der Waals surface area contributed by atoms with Gasteiger partial charge < -0.3 is 9.64 Å². The zero-order valence-electron chi connectivity index (χ0n) is 14.5. The number of carbonyl (C=O) groups excluding carboxylic acids is 2. The number of rotatable bonds is 4. The van der Waals surface area contributed by atoms with Crippen molar-refractivity contribution in [3.8, 4) is 6.07 Å². The molecule has 0 aliphatic carbocycles. The van der Waals surface area contributed by atoms with Crippen LogP contribution in [-0.4, -0.2) is 50.9 Å². The van der Waals surface area contributed by atoms with Crippen molar-refractivity contribution in [2.24, 2.45) is 4.99 Å². The third-order valence-electron chi connectivity index (χ3n) is 3.61. The van der Waals surface area contributed by atoms with Crippen LogP contribution in [0.4, 0.5) is 5.69 Å². The minimum absolute atomic E-state index is 0.211. The highest BCUT2D eigenvalue weighted by atomic mass is 16.5. The van der Waals surface area contributed by atoms with Gasteiger partial charge >= 0.3 is 5.97 Å². The van der Waals surface area contributed by atoms with Crippen LogP contribution in [0.5, 0.6) is 0 Å². The molecule has 1 aliphatic heterocycles. The Kier molecular flexibility index (Phi) is 5.35. The number of aliphatic imine (C=N–C) groups is 1. The van der Waals surface area contributed by atoms with Gasteiger partial charge in [0.25, 0.3) is 5.91 Å². The SMILES string of the molecule is COC(=O)/C(C#N)=C\C1=NC(=C\c2ccc(N(C)C)cc2)/C(=O)N1C. The fraction of sp³-hybridized carbons (Fsp3) is 0.222. The molecule has 0 aromatic heterocycles. The molecule has 25 heavy (non-hydrogen) atoms. The van der Waals surface area contributed by atoms with Gasteiger partial charge in [0, 0.05) is 32.9 Å². The lowest BCUT2D eigenvalue weighted by molar-refractivity contribution is -0.135. The second kappa shape index (κ2) is 7.45. The van der Waals surface area contributed by atoms with Crippen molar-refractivity contribution in [3.63, 3.8) is 0 Å². The van der Waals surface area contributed by atoms with Crippen LogP contribution < -0.4 is 4.90 Å². The second-order valence-electron chi connectivity index (χ2n) is 5.51. The van der Waals surface area contributed by atoms with Gasteiger partial charge in [-0.25, -0.2) is 9.79 Å². The summed E-state index contributed by atoms with van der Waals surface area (Å²) in [6.45, 7) is 0. The van der Waals surface area contributed by atoms with Crippen molar-refractivity contribution in [3.05, 3.63) is 47.2 Å². The summed E-state index contributed by atoms with van der Waals surface area (Å²) in [4.78, 5) is 31.3. The smallest absolute Gasteiger partial charge is 0.348 e. The molecule has 0 spiro atoms. The lowest BCUT2D eigenvalue weighted by Crippen LogP contribution is -2.26. The fourth-order valence-electron chi connectivity index (χ4n) is 2.15. The third kappa shape index (κ3) is 3.93. The van der Waals surface area contributed by atoms with Crippen LogP contribution in [0.1, 0.15) is 5.56 Å². The number of esters is 1. The number of ether oxygens (including phenoxy) is 1. The van der Waals surface area contributed by atoms with E-state index >= 15 is 0 Å². The summed E-state index contributed by atoms with van der Waals surface area (Å²) in [5.41, 5.74) is 1.87. The van der Waals surface area contributed by atoms with E-state index in [2.05, 4.69) is 9.73 Å². The zero-order valence-corrected chi connectivity index (χ0v) is 14.5. The summed E-state index contributed by atoms with van der Waals surface area (Å²) in [7, 11) is 6.60. The van der Waals surface area contributed by atoms with E-state index in [1.807, 2.05) is 43.3 Å². The third-order valence-corrected chi connectivity index (χ3v) is 3.61. The summed E-state index contributed by atoms with van der Waals surface area (Å²) in [5.74, 6) is -0.879. The highest BCUT2D eigenvalue weighted by Gasteiger charge is 2.26. The zero-order chi connectivity index (χ0) is 18.6. The standard InChI is InChI=1S/C18H18N4O3/c1-21(2)14-7-5-12(6-8-14)9-15-17(23)22(3)16(20-15)10-13(11-19)18(24)25-4/h5-10H,1-4H3/b13-10-,15-9-. The van der Waals surface area contributed by atoms with Gasteiger partial charge in [-0.1, -0.05) is 12.1 Å². The first-order valence-electron chi connectivity index (χ1n) is 7.43. The first-order valence-corrected chi connectivity index (χ1v) is 7.43. The molecule has 0 N–H and O–H groups in total. The van der Waals surface area contributed by atoms with Crippen LogP contribution in [0.15, 0.2) is 46.6 Å². The highest BCUT2D eigenvalue weighted by Crippen LogP contribution is 2.20. The second-order valence-corrected chi connectivity index (χ2v) is 5.51. The Bertz CT molecular complexity index is 827. The number of nitrogens with zero attached hydrogens (tertiary/aromatic N) is 4. The maximum Gasteiger partial charge on any atom is 0.348 e. The average molecular weight is 338 g/mol. The molecular formula is C18H18N4O3. The van der Waals surface area contributed by atoms with Crippen LogP contribution in [0.2, 0.25) is 0 Å². The largest absolute Gasteiger partial charge is 0.465 e. The number of hydrogen-bond donors (Lipinski definition) is 0. The quantitative estimate of drug-likeness (QED) is 0.473. The summed E-state index contributed by atoms with van der Waals surface area (Å²) in [5, 5.41) is 9.02. The van der Waals surface area contributed by atoms with E-state index < -0.39 is 5.97 Å². The van der Waals surface area contributed by atoms with Gasteiger partial charge in [-0.05, 0) is 23.8 Å². The lowest BCUT2D eigenvalue weighted by Gasteiger charge is -2.11. The average Bonchev–Trinajstić information content (AvgIpc) is 2.87. The van der Waals surface area contributed by atoms with E-state index in [0.717, 1.165) is 11.3 Å². The topological polar surface area (TPSA) is 86.0 Å². The summed E-state index contributed by atoms with van der Waals surface area (Å²) < 4.78 is 4.52. The van der Waals surface area contributed by atoms with Crippen LogP contribution in [0.3, 0.4) is 0 Å². The Morgan fingerprint density at radius 3 is 2.48 bits per heavy atom. The van der Waals surface area contributed by atoms with Gasteiger partial charge in [0.2, 0.25) is 0 Å². The first kappa shape index (κ1) is 17.9. The molecule has 1 aromatic rings. The molecule has 0 fully saturated rings. The molecular weight excluding hydrogens is 320 g/mol. The molecule has 1 aliphatic rings. The summed E-state index contributed by atoms with van der Waals surface area (Å²) in [6.07, 6.45) is 2.89. The van der Waals surface area contributed by atoms with Crippen LogP contribution in [-0.2, 0) is 14.3 Å².